The zero-order valence-electron chi connectivity index (χ0n) is 24.9. The molecule has 0 fully saturated rings. The summed E-state index contributed by atoms with van der Waals surface area (Å²) >= 11 is 0. The molecule has 0 N–H and O–H groups in total. The van der Waals surface area contributed by atoms with E-state index in [1.807, 2.05) is 24.3 Å². The minimum Gasteiger partial charge on any atom is -0.248 e. The lowest BCUT2D eigenvalue weighted by molar-refractivity contribution is 1.37. The minimum atomic E-state index is 0.907. The molecule has 0 aliphatic rings. The summed E-state index contributed by atoms with van der Waals surface area (Å²) < 4.78 is 0. The molecule has 0 radical (unpaired) electrons. The van der Waals surface area contributed by atoms with Crippen molar-refractivity contribution in [1.82, 2.24) is 15.0 Å². The molecule has 9 rings (SSSR count). The molecule has 0 unspecified atom stereocenters. The number of nitrogens with zero attached hydrogens (tertiary/aromatic N) is 3. The van der Waals surface area contributed by atoms with Crippen LogP contribution in [0.1, 0.15) is 0 Å². The van der Waals surface area contributed by atoms with Crippen molar-refractivity contribution < 1.29 is 0 Å². The third kappa shape index (κ3) is 4.49. The van der Waals surface area contributed by atoms with Gasteiger partial charge in [0.05, 0.1) is 33.6 Å². The van der Waals surface area contributed by atoms with Gasteiger partial charge < -0.3 is 0 Å². The molecule has 0 atom stereocenters. The first kappa shape index (κ1) is 26.2. The first-order chi connectivity index (χ1) is 22.8. The van der Waals surface area contributed by atoms with Crippen molar-refractivity contribution in [3.05, 3.63) is 164 Å². The summed E-state index contributed by atoms with van der Waals surface area (Å²) in [5, 5.41) is 5.62. The second kappa shape index (κ2) is 10.8. The fraction of sp³-hybridized carbons (Fsp3) is 0. The predicted molar refractivity (Wildman–Crippen MR) is 192 cm³/mol. The normalized spacial score (nSPS) is 11.5. The maximum Gasteiger partial charge on any atom is 0.0972 e. The summed E-state index contributed by atoms with van der Waals surface area (Å²) in [5.41, 5.74) is 11.2. The Balaban J connectivity index is 1.26. The average Bonchev–Trinajstić information content (AvgIpc) is 3.14. The standard InChI is InChI=1S/C43H27N3/c1-4-10-28(11-5-1)36-27-40(31-14-8-3-9-15-31)44-39-25-20-29-16-19-34(26-35(29)41(36)39)38-24-22-33-18-17-32-21-23-37(30-12-6-2-7-13-30)45-42(32)43(33)46-38/h1-27H. The highest BCUT2D eigenvalue weighted by molar-refractivity contribution is 6.15. The highest BCUT2D eigenvalue weighted by Gasteiger charge is 2.15. The van der Waals surface area contributed by atoms with Crippen molar-refractivity contribution in [3.63, 3.8) is 0 Å². The Labute approximate surface area is 266 Å². The quantitative estimate of drug-likeness (QED) is 0.193. The minimum absolute atomic E-state index is 0.907. The third-order valence-electron chi connectivity index (χ3n) is 8.83. The Morgan fingerprint density at radius 1 is 0.326 bits per heavy atom. The van der Waals surface area contributed by atoms with Crippen LogP contribution in [-0.4, -0.2) is 15.0 Å². The van der Waals surface area contributed by atoms with Gasteiger partial charge in [-0.3, -0.25) is 0 Å². The summed E-state index contributed by atoms with van der Waals surface area (Å²) in [7, 11) is 0. The maximum absolute atomic E-state index is 5.25. The maximum atomic E-state index is 5.25. The highest BCUT2D eigenvalue weighted by atomic mass is 14.8. The van der Waals surface area contributed by atoms with Crippen LogP contribution in [0.15, 0.2) is 164 Å². The van der Waals surface area contributed by atoms with Gasteiger partial charge in [0.2, 0.25) is 0 Å². The molecule has 3 heterocycles. The van der Waals surface area contributed by atoms with Crippen LogP contribution in [0.2, 0.25) is 0 Å². The van der Waals surface area contributed by atoms with E-state index < -0.39 is 0 Å². The molecule has 0 aliphatic carbocycles. The van der Waals surface area contributed by atoms with E-state index in [0.29, 0.717) is 0 Å². The number of pyridine rings is 3. The van der Waals surface area contributed by atoms with Crippen LogP contribution in [-0.2, 0) is 0 Å². The summed E-state index contributed by atoms with van der Waals surface area (Å²) in [4.78, 5) is 15.5. The van der Waals surface area contributed by atoms with Gasteiger partial charge in [-0.15, -0.1) is 0 Å². The van der Waals surface area contributed by atoms with Crippen molar-refractivity contribution in [3.8, 4) is 44.9 Å². The zero-order valence-corrected chi connectivity index (χ0v) is 24.9. The fourth-order valence-corrected chi connectivity index (χ4v) is 6.51. The Morgan fingerprint density at radius 2 is 0.826 bits per heavy atom. The second-order valence-corrected chi connectivity index (χ2v) is 11.7. The lowest BCUT2D eigenvalue weighted by Crippen LogP contribution is -1.93. The van der Waals surface area contributed by atoms with Gasteiger partial charge in [-0.2, -0.15) is 0 Å². The number of hydrogen-bond donors (Lipinski definition) is 0. The average molecular weight is 586 g/mol. The molecule has 46 heavy (non-hydrogen) atoms. The molecule has 0 spiro atoms. The van der Waals surface area contributed by atoms with Crippen LogP contribution >= 0.6 is 0 Å². The number of rotatable bonds is 4. The van der Waals surface area contributed by atoms with Gasteiger partial charge in [-0.05, 0) is 52.2 Å². The van der Waals surface area contributed by atoms with Crippen LogP contribution in [0.25, 0.3) is 88.4 Å². The van der Waals surface area contributed by atoms with E-state index >= 15 is 0 Å². The fourth-order valence-electron chi connectivity index (χ4n) is 6.51. The summed E-state index contributed by atoms with van der Waals surface area (Å²) in [6.45, 7) is 0. The smallest absolute Gasteiger partial charge is 0.0972 e. The lowest BCUT2D eigenvalue weighted by atomic mass is 9.93. The highest BCUT2D eigenvalue weighted by Crippen LogP contribution is 2.38. The van der Waals surface area contributed by atoms with E-state index in [0.717, 1.165) is 71.9 Å². The Morgan fingerprint density at radius 3 is 1.46 bits per heavy atom. The largest absolute Gasteiger partial charge is 0.248 e. The number of fused-ring (bicyclic) bond motifs is 6. The van der Waals surface area contributed by atoms with Crippen molar-refractivity contribution in [2.75, 3.05) is 0 Å². The Hall–Kier alpha value is -6.19. The topological polar surface area (TPSA) is 38.7 Å². The van der Waals surface area contributed by atoms with E-state index in [-0.39, 0.29) is 0 Å². The van der Waals surface area contributed by atoms with E-state index in [1.54, 1.807) is 0 Å². The van der Waals surface area contributed by atoms with Crippen molar-refractivity contribution >= 4 is 43.5 Å². The van der Waals surface area contributed by atoms with Crippen molar-refractivity contribution in [2.45, 2.75) is 0 Å². The molecule has 214 valence electrons. The molecule has 9 aromatic rings. The molecule has 0 bridgehead atoms. The molecule has 0 amide bonds. The van der Waals surface area contributed by atoms with E-state index in [1.165, 1.54) is 16.5 Å². The number of aromatic nitrogens is 3. The summed E-state index contributed by atoms with van der Waals surface area (Å²) in [6, 6.07) is 57.3. The van der Waals surface area contributed by atoms with Gasteiger partial charge in [0, 0.05) is 32.8 Å². The Kier molecular flexibility index (Phi) is 6.14. The van der Waals surface area contributed by atoms with Crippen molar-refractivity contribution in [2.24, 2.45) is 0 Å². The molecule has 3 aromatic heterocycles. The molecular weight excluding hydrogens is 558 g/mol. The van der Waals surface area contributed by atoms with Crippen LogP contribution < -0.4 is 0 Å². The molecule has 0 saturated heterocycles. The van der Waals surface area contributed by atoms with Gasteiger partial charge in [-0.1, -0.05) is 133 Å². The number of benzene rings is 6. The first-order valence-corrected chi connectivity index (χ1v) is 15.5. The van der Waals surface area contributed by atoms with Gasteiger partial charge in [0.1, 0.15) is 0 Å². The Bertz CT molecular complexity index is 2560. The van der Waals surface area contributed by atoms with Gasteiger partial charge >= 0.3 is 0 Å². The van der Waals surface area contributed by atoms with E-state index in [2.05, 4.69) is 140 Å². The molecule has 6 aromatic carbocycles. The van der Waals surface area contributed by atoms with Crippen LogP contribution in [0, 0.1) is 0 Å². The number of hydrogen-bond acceptors (Lipinski definition) is 3. The summed E-state index contributed by atoms with van der Waals surface area (Å²) in [5.74, 6) is 0. The van der Waals surface area contributed by atoms with Crippen LogP contribution in [0.3, 0.4) is 0 Å². The van der Waals surface area contributed by atoms with Crippen LogP contribution in [0.5, 0.6) is 0 Å². The van der Waals surface area contributed by atoms with Gasteiger partial charge in [-0.25, -0.2) is 15.0 Å². The molecule has 3 heteroatoms. The molecular formula is C43H27N3. The van der Waals surface area contributed by atoms with E-state index in [9.17, 15) is 0 Å². The lowest BCUT2D eigenvalue weighted by Gasteiger charge is -2.14. The monoisotopic (exact) mass is 585 g/mol. The second-order valence-electron chi connectivity index (χ2n) is 11.7. The predicted octanol–water partition coefficient (Wildman–Crippen LogP) is 11.2. The van der Waals surface area contributed by atoms with Crippen LogP contribution in [0.4, 0.5) is 0 Å². The van der Waals surface area contributed by atoms with Gasteiger partial charge in [0.15, 0.2) is 0 Å². The molecule has 0 saturated carbocycles. The molecule has 0 aliphatic heterocycles. The SMILES string of the molecule is c1ccc(-c2cc(-c3ccccc3)c3c(ccc4ccc(-c5ccc6ccc7ccc(-c8ccccc8)nc7c6n5)cc43)n2)cc1. The first-order valence-electron chi connectivity index (χ1n) is 15.5. The third-order valence-corrected chi connectivity index (χ3v) is 8.83. The zero-order chi connectivity index (χ0) is 30.5. The van der Waals surface area contributed by atoms with Crippen molar-refractivity contribution in [1.29, 1.82) is 0 Å². The molecule has 3 nitrogen and oxygen atoms in total. The van der Waals surface area contributed by atoms with E-state index in [4.69, 9.17) is 15.0 Å². The van der Waals surface area contributed by atoms with Gasteiger partial charge in [0.25, 0.3) is 0 Å². The summed E-state index contributed by atoms with van der Waals surface area (Å²) in [6.07, 6.45) is 0.